The van der Waals surface area contributed by atoms with E-state index in [0.717, 1.165) is 34.9 Å². The topological polar surface area (TPSA) is 54.6 Å². The van der Waals surface area contributed by atoms with Crippen LogP contribution in [0.3, 0.4) is 0 Å². The SMILES string of the molecule is CCCCOC(=O)c1ccc(N=C2Nc3ccc(-c4cccs4)c4cccc2c34)[n+]([B]F)c1. The first-order valence-corrected chi connectivity index (χ1v) is 11.7. The van der Waals surface area contributed by atoms with E-state index in [4.69, 9.17) is 4.74 Å². The molecule has 1 N–H and O–H groups in total. The molecule has 5 rings (SSSR count). The number of carbonyl (C=O) groups excluding carboxylic acids is 1. The van der Waals surface area contributed by atoms with Gasteiger partial charge in [0.1, 0.15) is 0 Å². The molecule has 0 amide bonds. The summed E-state index contributed by atoms with van der Waals surface area (Å²) in [5.41, 5.74) is 3.36. The van der Waals surface area contributed by atoms with Crippen molar-refractivity contribution in [2.24, 2.45) is 4.99 Å². The van der Waals surface area contributed by atoms with Crippen LogP contribution in [0.25, 0.3) is 21.2 Å². The van der Waals surface area contributed by atoms with E-state index in [0.29, 0.717) is 26.0 Å². The number of unbranched alkanes of at least 4 members (excludes halogenated alkanes) is 1. The van der Waals surface area contributed by atoms with Crippen molar-refractivity contribution in [3.05, 3.63) is 77.3 Å². The molecule has 0 aliphatic carbocycles. The summed E-state index contributed by atoms with van der Waals surface area (Å²) < 4.78 is 20.1. The number of esters is 1. The molecule has 8 heteroatoms. The molecule has 3 heterocycles. The molecule has 0 fully saturated rings. The number of anilines is 1. The van der Waals surface area contributed by atoms with Crippen LogP contribution < -0.4 is 9.79 Å². The Morgan fingerprint density at radius 2 is 2.06 bits per heavy atom. The minimum Gasteiger partial charge on any atom is -0.462 e. The third kappa shape index (κ3) is 4.02. The molecule has 0 atom stereocenters. The maximum absolute atomic E-state index is 13.7. The third-order valence-electron chi connectivity index (χ3n) is 5.59. The Kier molecular flexibility index (Phi) is 5.92. The van der Waals surface area contributed by atoms with E-state index < -0.39 is 5.97 Å². The fourth-order valence-electron chi connectivity index (χ4n) is 3.95. The van der Waals surface area contributed by atoms with Crippen LogP contribution >= 0.6 is 11.3 Å². The van der Waals surface area contributed by atoms with Crippen molar-refractivity contribution in [2.75, 3.05) is 11.9 Å². The van der Waals surface area contributed by atoms with E-state index in [1.54, 1.807) is 23.5 Å². The number of aromatic nitrogens is 1. The van der Waals surface area contributed by atoms with E-state index in [-0.39, 0.29) is 5.56 Å². The fraction of sp³-hybridized carbons (Fsp3) is 0.160. The second-order valence-corrected chi connectivity index (χ2v) is 8.67. The molecule has 1 aliphatic heterocycles. The zero-order valence-electron chi connectivity index (χ0n) is 18.0. The van der Waals surface area contributed by atoms with Crippen molar-refractivity contribution in [1.82, 2.24) is 0 Å². The zero-order chi connectivity index (χ0) is 22.8. The first-order valence-electron chi connectivity index (χ1n) is 10.8. The van der Waals surface area contributed by atoms with E-state index in [2.05, 4.69) is 33.9 Å². The van der Waals surface area contributed by atoms with Crippen molar-refractivity contribution in [3.63, 3.8) is 0 Å². The van der Waals surface area contributed by atoms with E-state index in [1.807, 2.05) is 31.2 Å². The molecule has 1 aliphatic rings. The van der Waals surface area contributed by atoms with Crippen molar-refractivity contribution in [2.45, 2.75) is 19.8 Å². The average Bonchev–Trinajstić information content (AvgIpc) is 3.49. The average molecular weight is 457 g/mol. The van der Waals surface area contributed by atoms with Gasteiger partial charge in [0.05, 0.1) is 29.6 Å². The smallest absolute Gasteiger partial charge is 0.462 e. The van der Waals surface area contributed by atoms with Crippen LogP contribution in [0.15, 0.2) is 71.2 Å². The summed E-state index contributed by atoms with van der Waals surface area (Å²) in [6, 6.07) is 17.7. The van der Waals surface area contributed by atoms with Gasteiger partial charge in [-0.3, -0.25) is 8.79 Å². The monoisotopic (exact) mass is 457 g/mol. The van der Waals surface area contributed by atoms with Crippen molar-refractivity contribution in [1.29, 1.82) is 0 Å². The highest BCUT2D eigenvalue weighted by Gasteiger charge is 2.27. The van der Waals surface area contributed by atoms with Gasteiger partial charge >= 0.3 is 19.5 Å². The van der Waals surface area contributed by atoms with E-state index >= 15 is 0 Å². The molecule has 0 unspecified atom stereocenters. The van der Waals surface area contributed by atoms with Crippen molar-refractivity contribution in [3.8, 4) is 10.4 Å². The molecule has 0 saturated heterocycles. The minimum absolute atomic E-state index is 0.273. The predicted molar refractivity (Wildman–Crippen MR) is 131 cm³/mol. The number of rotatable bonds is 7. The summed E-state index contributed by atoms with van der Waals surface area (Å²) in [6.07, 6.45) is 3.11. The Morgan fingerprint density at radius 1 is 1.15 bits per heavy atom. The number of nitrogens with one attached hydrogen (secondary N) is 1. The number of halogens is 1. The highest BCUT2D eigenvalue weighted by Crippen LogP contribution is 2.40. The van der Waals surface area contributed by atoms with Gasteiger partial charge in [-0.2, -0.15) is 0 Å². The number of ether oxygens (including phenoxy) is 1. The Balaban J connectivity index is 1.51. The molecule has 2 aromatic heterocycles. The third-order valence-corrected chi connectivity index (χ3v) is 6.49. The normalized spacial score (nSPS) is 13.3. The van der Waals surface area contributed by atoms with Gasteiger partial charge in [-0.15, -0.1) is 11.3 Å². The Bertz CT molecular complexity index is 1370. The number of benzene rings is 2. The van der Waals surface area contributed by atoms with Crippen molar-refractivity contribution < 1.29 is 18.3 Å². The Hall–Kier alpha value is -3.52. The van der Waals surface area contributed by atoms with Gasteiger partial charge in [0.15, 0.2) is 0 Å². The molecule has 5 nitrogen and oxygen atoms in total. The molecule has 0 bridgehead atoms. The number of hydrogen-bond acceptors (Lipinski definition) is 4. The highest BCUT2D eigenvalue weighted by molar-refractivity contribution is 7.13. The van der Waals surface area contributed by atoms with Crippen LogP contribution in [0.2, 0.25) is 0 Å². The van der Waals surface area contributed by atoms with Crippen LogP contribution in [0.1, 0.15) is 35.7 Å². The number of hydrogen-bond donors (Lipinski definition) is 1. The van der Waals surface area contributed by atoms with E-state index in [1.165, 1.54) is 21.1 Å². The van der Waals surface area contributed by atoms with Gasteiger partial charge in [0.25, 0.3) is 5.84 Å². The van der Waals surface area contributed by atoms with Gasteiger partial charge in [0, 0.05) is 16.3 Å². The number of pyridine rings is 1. The van der Waals surface area contributed by atoms with Gasteiger partial charge in [0.2, 0.25) is 0 Å². The maximum Gasteiger partial charge on any atom is 0.640 e. The van der Waals surface area contributed by atoms with Crippen LogP contribution in [-0.2, 0) is 4.74 Å². The van der Waals surface area contributed by atoms with Gasteiger partial charge < -0.3 is 10.1 Å². The number of nitrogens with zero attached hydrogens (tertiary/aromatic N) is 2. The second kappa shape index (κ2) is 9.15. The largest absolute Gasteiger partial charge is 0.640 e. The highest BCUT2D eigenvalue weighted by atomic mass is 32.1. The molecular weight excluding hydrogens is 436 g/mol. The summed E-state index contributed by atoms with van der Waals surface area (Å²) >= 11 is 1.70. The molecule has 0 saturated carbocycles. The predicted octanol–water partition coefficient (Wildman–Crippen LogP) is 5.67. The lowest BCUT2D eigenvalue weighted by Gasteiger charge is -2.05. The number of amidine groups is 1. The quantitative estimate of drug-likeness (QED) is 0.221. The van der Waals surface area contributed by atoms with Crippen molar-refractivity contribution >= 4 is 53.1 Å². The molecule has 33 heavy (non-hydrogen) atoms. The minimum atomic E-state index is -0.476. The lowest BCUT2D eigenvalue weighted by atomic mass is 9.99. The van der Waals surface area contributed by atoms with Gasteiger partial charge in [-0.05, 0) is 52.0 Å². The van der Waals surface area contributed by atoms with Crippen LogP contribution in [0, 0.1) is 0 Å². The fourth-order valence-corrected chi connectivity index (χ4v) is 4.71. The first kappa shape index (κ1) is 21.3. The summed E-state index contributed by atoms with van der Waals surface area (Å²) in [5.74, 6) is 0.511. The molecule has 1 radical (unpaired) electrons. The van der Waals surface area contributed by atoms with Gasteiger partial charge in [-0.25, -0.2) is 4.79 Å². The molecule has 163 valence electrons. The molecule has 4 aromatic rings. The van der Waals surface area contributed by atoms with Crippen LogP contribution in [0.4, 0.5) is 15.8 Å². The summed E-state index contributed by atoms with van der Waals surface area (Å²) in [7, 11) is 0.389. The second-order valence-electron chi connectivity index (χ2n) is 7.72. The summed E-state index contributed by atoms with van der Waals surface area (Å²) in [6.45, 7) is 2.37. The summed E-state index contributed by atoms with van der Waals surface area (Å²) in [4.78, 5) is 18.1. The Morgan fingerprint density at radius 3 is 2.85 bits per heavy atom. The van der Waals surface area contributed by atoms with E-state index in [9.17, 15) is 9.11 Å². The van der Waals surface area contributed by atoms with Gasteiger partial charge in [-0.1, -0.05) is 37.6 Å². The lowest BCUT2D eigenvalue weighted by molar-refractivity contribution is -0.522. The first-order chi connectivity index (χ1) is 16.2. The standard InChI is InChI=1S/C25H21BFN3O2S/c1-2-3-13-32-25(31)16-9-12-22(30(15-16)26-27)29-24-19-7-4-6-18-17(21-8-5-14-33-21)10-11-20(28-24)23(18)19/h4-12,14-15H,2-3,13H2,1H3,(H,28,29)/q+1. The van der Waals surface area contributed by atoms with Crippen LogP contribution in [-0.4, -0.2) is 26.1 Å². The summed E-state index contributed by atoms with van der Waals surface area (Å²) in [5, 5.41) is 7.66. The molecular formula is C25H21BFN3O2S+. The molecule has 0 spiro atoms. The maximum atomic E-state index is 13.7. The molecule has 2 aromatic carbocycles. The number of carbonyl (C=O) groups is 1. The number of aliphatic imine (C=N–C) groups is 1. The zero-order valence-corrected chi connectivity index (χ0v) is 18.9. The van der Waals surface area contributed by atoms with Crippen LogP contribution in [0.5, 0.6) is 0 Å². The number of thiophene rings is 1. The lowest BCUT2D eigenvalue weighted by Crippen LogP contribution is -2.38. The Labute approximate surface area is 195 Å².